The van der Waals surface area contributed by atoms with Gasteiger partial charge in [-0.25, -0.2) is 8.42 Å². The average Bonchev–Trinajstić information content (AvgIpc) is 2.82. The molecule has 0 aromatic heterocycles. The number of carbonyl (C=O) groups is 1. The summed E-state index contributed by atoms with van der Waals surface area (Å²) in [4.78, 5) is 12.9. The molecule has 0 saturated carbocycles. The Balaban J connectivity index is 1.58. The van der Waals surface area contributed by atoms with Crippen molar-refractivity contribution in [3.63, 3.8) is 0 Å². The summed E-state index contributed by atoms with van der Waals surface area (Å²) in [5.41, 5.74) is 1.24. The summed E-state index contributed by atoms with van der Waals surface area (Å²) < 4.78 is 39.0. The molecule has 9 heteroatoms. The number of hydrogen-bond donors (Lipinski definition) is 1. The molecule has 7 nitrogen and oxygen atoms in total. The molecule has 1 atom stereocenters. The lowest BCUT2D eigenvalue weighted by atomic mass is 10.2. The van der Waals surface area contributed by atoms with Crippen LogP contribution in [0.3, 0.4) is 0 Å². The molecule has 0 aliphatic carbocycles. The van der Waals surface area contributed by atoms with Crippen molar-refractivity contribution in [3.05, 3.63) is 83.4 Å². The van der Waals surface area contributed by atoms with Gasteiger partial charge in [0.2, 0.25) is 0 Å². The Kier molecular flexibility index (Phi) is 6.25. The summed E-state index contributed by atoms with van der Waals surface area (Å²) in [6.07, 6.45) is -1.01. The van der Waals surface area contributed by atoms with Crippen LogP contribution in [0.4, 0.5) is 5.69 Å². The van der Waals surface area contributed by atoms with Crippen LogP contribution in [-0.4, -0.2) is 34.1 Å². The molecule has 0 bridgehead atoms. The van der Waals surface area contributed by atoms with E-state index in [4.69, 9.17) is 21.1 Å². The van der Waals surface area contributed by atoms with Crippen molar-refractivity contribution in [2.24, 2.45) is 0 Å². The van der Waals surface area contributed by atoms with E-state index in [0.29, 0.717) is 22.2 Å². The smallest absolute Gasteiger partial charge is 0.264 e. The molecule has 0 unspecified atom stereocenters. The quantitative estimate of drug-likeness (QED) is 0.592. The van der Waals surface area contributed by atoms with Crippen molar-refractivity contribution in [3.8, 4) is 11.5 Å². The molecule has 1 heterocycles. The molecule has 1 aliphatic heterocycles. The number of nitrogens with one attached hydrogen (secondary N) is 1. The van der Waals surface area contributed by atoms with Gasteiger partial charge in [-0.1, -0.05) is 35.9 Å². The molecule has 0 saturated heterocycles. The van der Waals surface area contributed by atoms with Crippen molar-refractivity contribution >= 4 is 33.2 Å². The van der Waals surface area contributed by atoms with Crippen LogP contribution in [-0.2, 0) is 21.4 Å². The highest BCUT2D eigenvalue weighted by Gasteiger charge is 2.37. The Morgan fingerprint density at radius 2 is 1.78 bits per heavy atom. The van der Waals surface area contributed by atoms with E-state index in [9.17, 15) is 13.2 Å². The molecule has 32 heavy (non-hydrogen) atoms. The molecular weight excluding hydrogens is 452 g/mol. The van der Waals surface area contributed by atoms with Gasteiger partial charge in [0.1, 0.15) is 11.5 Å². The zero-order valence-electron chi connectivity index (χ0n) is 17.2. The average molecular weight is 473 g/mol. The highest BCUT2D eigenvalue weighted by Crippen LogP contribution is 2.37. The number of rotatable bonds is 6. The molecule has 0 spiro atoms. The predicted octanol–water partition coefficient (Wildman–Crippen LogP) is 3.62. The van der Waals surface area contributed by atoms with E-state index in [1.54, 1.807) is 60.7 Å². The van der Waals surface area contributed by atoms with Crippen LogP contribution in [0.15, 0.2) is 77.7 Å². The maximum Gasteiger partial charge on any atom is 0.264 e. The molecule has 166 valence electrons. The van der Waals surface area contributed by atoms with E-state index in [-0.39, 0.29) is 18.0 Å². The second kappa shape index (κ2) is 9.10. The lowest BCUT2D eigenvalue weighted by Gasteiger charge is -2.34. The zero-order valence-corrected chi connectivity index (χ0v) is 18.8. The van der Waals surface area contributed by atoms with Gasteiger partial charge in [-0.2, -0.15) is 0 Å². The van der Waals surface area contributed by atoms with Gasteiger partial charge in [0.05, 0.1) is 24.2 Å². The maximum absolute atomic E-state index is 13.4. The van der Waals surface area contributed by atoms with Crippen molar-refractivity contribution in [1.29, 1.82) is 0 Å². The van der Waals surface area contributed by atoms with Crippen LogP contribution in [0.5, 0.6) is 11.5 Å². The highest BCUT2D eigenvalue weighted by atomic mass is 35.5. The number of hydrogen-bond acceptors (Lipinski definition) is 5. The minimum Gasteiger partial charge on any atom is -0.497 e. The molecule has 0 radical (unpaired) electrons. The molecular formula is C23H21ClN2O5S. The van der Waals surface area contributed by atoms with Crippen LogP contribution in [0.25, 0.3) is 0 Å². The number of benzene rings is 3. The van der Waals surface area contributed by atoms with E-state index >= 15 is 0 Å². The van der Waals surface area contributed by atoms with Gasteiger partial charge >= 0.3 is 0 Å². The molecule has 3 aromatic rings. The van der Waals surface area contributed by atoms with E-state index in [1.165, 1.54) is 23.5 Å². The first-order valence-corrected chi connectivity index (χ1v) is 11.6. The lowest BCUT2D eigenvalue weighted by Crippen LogP contribution is -2.50. The fourth-order valence-electron chi connectivity index (χ4n) is 3.35. The van der Waals surface area contributed by atoms with Crippen LogP contribution in [0, 0.1) is 0 Å². The summed E-state index contributed by atoms with van der Waals surface area (Å²) in [5, 5.41) is 3.40. The largest absolute Gasteiger partial charge is 0.497 e. The first-order chi connectivity index (χ1) is 15.4. The SMILES string of the molecule is COc1ccc(S(=O)(=O)N2C[C@H](C(=O)NCc3ccc(Cl)cc3)Oc3ccccc32)cc1. The van der Waals surface area contributed by atoms with Crippen LogP contribution >= 0.6 is 11.6 Å². The zero-order chi connectivity index (χ0) is 22.7. The van der Waals surface area contributed by atoms with Gasteiger partial charge in [0.25, 0.3) is 15.9 Å². The fourth-order valence-corrected chi connectivity index (χ4v) is 4.95. The monoisotopic (exact) mass is 472 g/mol. The summed E-state index contributed by atoms with van der Waals surface area (Å²) in [7, 11) is -2.43. The molecule has 3 aromatic carbocycles. The Labute approximate surface area is 191 Å². The van der Waals surface area contributed by atoms with E-state index in [1.807, 2.05) is 0 Å². The number of para-hydroxylation sites is 2. The normalized spacial score (nSPS) is 15.4. The summed E-state index contributed by atoms with van der Waals surface area (Å²) in [5.74, 6) is 0.456. The third kappa shape index (κ3) is 4.51. The number of ether oxygens (including phenoxy) is 2. The van der Waals surface area contributed by atoms with Crippen molar-refractivity contribution in [2.75, 3.05) is 18.0 Å². The number of sulfonamides is 1. The van der Waals surface area contributed by atoms with Gasteiger partial charge in [0.15, 0.2) is 6.10 Å². The van der Waals surface area contributed by atoms with Crippen molar-refractivity contribution in [1.82, 2.24) is 5.32 Å². The van der Waals surface area contributed by atoms with Crippen molar-refractivity contribution in [2.45, 2.75) is 17.5 Å². The topological polar surface area (TPSA) is 84.9 Å². The standard InChI is InChI=1S/C23H21ClN2O5S/c1-30-18-10-12-19(13-11-18)32(28,29)26-15-22(31-21-5-3-2-4-20(21)26)23(27)25-14-16-6-8-17(24)9-7-16/h2-13,22H,14-15H2,1H3,(H,25,27)/t22-/m1/s1. The number of carbonyl (C=O) groups excluding carboxylic acids is 1. The Bertz CT molecular complexity index is 1210. The van der Waals surface area contributed by atoms with Gasteiger partial charge in [-0.15, -0.1) is 0 Å². The minimum atomic E-state index is -3.94. The Morgan fingerprint density at radius 1 is 1.09 bits per heavy atom. The second-order valence-corrected chi connectivity index (χ2v) is 9.43. The van der Waals surface area contributed by atoms with Gasteiger partial charge < -0.3 is 14.8 Å². The second-order valence-electron chi connectivity index (χ2n) is 7.13. The van der Waals surface area contributed by atoms with Gasteiger partial charge in [0, 0.05) is 11.6 Å². The van der Waals surface area contributed by atoms with E-state index < -0.39 is 22.0 Å². The minimum absolute atomic E-state index is 0.0929. The number of halogens is 1. The molecule has 1 N–H and O–H groups in total. The van der Waals surface area contributed by atoms with Crippen LogP contribution in [0.1, 0.15) is 5.56 Å². The van der Waals surface area contributed by atoms with Crippen LogP contribution < -0.4 is 19.1 Å². The lowest BCUT2D eigenvalue weighted by molar-refractivity contribution is -0.127. The van der Waals surface area contributed by atoms with E-state index in [0.717, 1.165) is 5.56 Å². The first kappa shape index (κ1) is 22.0. The number of methoxy groups -OCH3 is 1. The molecule has 0 fully saturated rings. The summed E-state index contributed by atoms with van der Waals surface area (Å²) >= 11 is 5.89. The summed E-state index contributed by atoms with van der Waals surface area (Å²) in [6.45, 7) is 0.112. The highest BCUT2D eigenvalue weighted by molar-refractivity contribution is 7.92. The van der Waals surface area contributed by atoms with Gasteiger partial charge in [-0.3, -0.25) is 9.10 Å². The van der Waals surface area contributed by atoms with Crippen LogP contribution in [0.2, 0.25) is 5.02 Å². The molecule has 1 amide bonds. The maximum atomic E-state index is 13.4. The fraction of sp³-hybridized carbons (Fsp3) is 0.174. The molecule has 1 aliphatic rings. The number of nitrogens with zero attached hydrogens (tertiary/aromatic N) is 1. The Morgan fingerprint density at radius 3 is 2.47 bits per heavy atom. The first-order valence-electron chi connectivity index (χ1n) is 9.83. The number of anilines is 1. The number of fused-ring (bicyclic) bond motifs is 1. The predicted molar refractivity (Wildman–Crippen MR) is 122 cm³/mol. The third-order valence-corrected chi connectivity index (χ3v) is 7.10. The molecule has 4 rings (SSSR count). The van der Waals surface area contributed by atoms with Crippen molar-refractivity contribution < 1.29 is 22.7 Å². The summed E-state index contributed by atoms with van der Waals surface area (Å²) in [6, 6.07) is 19.9. The van der Waals surface area contributed by atoms with Gasteiger partial charge in [-0.05, 0) is 54.1 Å². The third-order valence-electron chi connectivity index (χ3n) is 5.05. The number of amides is 1. The Hall–Kier alpha value is -3.23. The van der Waals surface area contributed by atoms with E-state index in [2.05, 4.69) is 5.32 Å².